The molecule has 0 fully saturated rings. The number of anilines is 2. The summed E-state index contributed by atoms with van der Waals surface area (Å²) in [5.41, 5.74) is 14.3. The second-order valence-corrected chi connectivity index (χ2v) is 12.6. The summed E-state index contributed by atoms with van der Waals surface area (Å²) in [6.45, 7) is 0. The highest BCUT2D eigenvalue weighted by atomic mass is 35.5. The van der Waals surface area contributed by atoms with Gasteiger partial charge >= 0.3 is 0 Å². The first-order chi connectivity index (χ1) is 21.9. The molecular formula is C38H26Cl2N4O. The minimum absolute atomic E-state index is 0.330. The molecule has 1 heterocycles. The minimum Gasteiger partial charge on any atom is -0.366 e. The normalized spacial score (nSPS) is 18.4. The molecule has 0 aliphatic heterocycles. The summed E-state index contributed by atoms with van der Waals surface area (Å²) in [4.78, 5) is 20.7. The SMILES string of the molecule is NC(=O)C1=CC(Cl)C(Cl)(c2ccc3nc(-c4ccc5ccccc5c4)nc(Nc4ccc5c(c4)Cc4ccccc4-5)c3c2)C=C1. The van der Waals surface area contributed by atoms with Crippen molar-refractivity contribution in [1.82, 2.24) is 9.97 Å². The summed E-state index contributed by atoms with van der Waals surface area (Å²) in [6.07, 6.45) is 5.84. The van der Waals surface area contributed by atoms with E-state index in [1.54, 1.807) is 18.2 Å². The molecule has 218 valence electrons. The van der Waals surface area contributed by atoms with Crippen LogP contribution in [-0.2, 0) is 16.1 Å². The van der Waals surface area contributed by atoms with E-state index in [-0.39, 0.29) is 0 Å². The third-order valence-corrected chi connectivity index (χ3v) is 9.88. The zero-order chi connectivity index (χ0) is 30.7. The van der Waals surface area contributed by atoms with Crippen molar-refractivity contribution in [3.8, 4) is 22.5 Å². The number of nitrogens with zero attached hydrogens (tertiary/aromatic N) is 2. The van der Waals surface area contributed by atoms with Gasteiger partial charge in [0.25, 0.3) is 0 Å². The average Bonchev–Trinajstić information content (AvgIpc) is 3.43. The number of nitrogens with one attached hydrogen (secondary N) is 1. The van der Waals surface area contributed by atoms with E-state index < -0.39 is 16.2 Å². The predicted octanol–water partition coefficient (Wildman–Crippen LogP) is 8.79. The first-order valence-electron chi connectivity index (χ1n) is 14.7. The molecule has 0 bridgehead atoms. The molecule has 2 atom stereocenters. The zero-order valence-electron chi connectivity index (χ0n) is 24.0. The molecule has 0 spiro atoms. The van der Waals surface area contributed by atoms with Gasteiger partial charge in [-0.1, -0.05) is 91.0 Å². The number of benzene rings is 5. The van der Waals surface area contributed by atoms with E-state index in [1.165, 1.54) is 22.3 Å². The summed E-state index contributed by atoms with van der Waals surface area (Å²) < 4.78 is 0. The summed E-state index contributed by atoms with van der Waals surface area (Å²) in [5.74, 6) is 0.715. The Morgan fingerprint density at radius 3 is 2.49 bits per heavy atom. The van der Waals surface area contributed by atoms with Crippen LogP contribution in [0.5, 0.6) is 0 Å². The second kappa shape index (κ2) is 10.6. The lowest BCUT2D eigenvalue weighted by molar-refractivity contribution is -0.114. The van der Waals surface area contributed by atoms with Crippen LogP contribution in [0.15, 0.2) is 127 Å². The van der Waals surface area contributed by atoms with Gasteiger partial charge < -0.3 is 11.1 Å². The molecule has 3 N–H and O–H groups in total. The highest BCUT2D eigenvalue weighted by Crippen LogP contribution is 2.43. The van der Waals surface area contributed by atoms with Gasteiger partial charge in [-0.3, -0.25) is 4.79 Å². The number of hydrogen-bond donors (Lipinski definition) is 2. The van der Waals surface area contributed by atoms with Crippen molar-refractivity contribution < 1.29 is 4.79 Å². The number of allylic oxidation sites excluding steroid dienone is 2. The maximum atomic E-state index is 11.8. The predicted molar refractivity (Wildman–Crippen MR) is 184 cm³/mol. The van der Waals surface area contributed by atoms with Gasteiger partial charge in [0.1, 0.15) is 10.7 Å². The highest BCUT2D eigenvalue weighted by Gasteiger charge is 2.37. The molecule has 5 aromatic carbocycles. The minimum atomic E-state index is -1.09. The first-order valence-corrected chi connectivity index (χ1v) is 15.5. The number of fused-ring (bicyclic) bond motifs is 5. The number of hydrogen-bond acceptors (Lipinski definition) is 4. The van der Waals surface area contributed by atoms with Gasteiger partial charge in [-0.2, -0.15) is 0 Å². The molecule has 2 aliphatic rings. The Morgan fingerprint density at radius 1 is 0.844 bits per heavy atom. The maximum Gasteiger partial charge on any atom is 0.248 e. The lowest BCUT2D eigenvalue weighted by atomic mass is 9.88. The molecular weight excluding hydrogens is 599 g/mol. The molecule has 1 amide bonds. The van der Waals surface area contributed by atoms with E-state index in [0.29, 0.717) is 17.2 Å². The van der Waals surface area contributed by atoms with Crippen molar-refractivity contribution in [2.24, 2.45) is 5.73 Å². The summed E-state index contributed by atoms with van der Waals surface area (Å²) in [5, 5.41) is 5.98. The number of amides is 1. The standard InChI is InChI=1S/C38H26Cl2N4O/c39-34-20-25(35(41)45)15-16-38(34,40)28-11-14-33-32(21-28)37(44-36(43-33)26-10-9-22-5-1-2-6-23(22)17-26)42-29-12-13-31-27(19-29)18-24-7-3-4-8-30(24)31/h1-17,19-21,34H,18H2,(H2,41,45)(H,42,43,44). The van der Waals surface area contributed by atoms with E-state index in [9.17, 15) is 4.79 Å². The van der Waals surface area contributed by atoms with Crippen molar-refractivity contribution in [2.75, 3.05) is 5.32 Å². The lowest BCUT2D eigenvalue weighted by Crippen LogP contribution is -2.31. The van der Waals surface area contributed by atoms with Crippen LogP contribution in [0.1, 0.15) is 16.7 Å². The van der Waals surface area contributed by atoms with E-state index in [1.807, 2.05) is 30.3 Å². The van der Waals surface area contributed by atoms with Crippen LogP contribution in [0.3, 0.4) is 0 Å². The highest BCUT2D eigenvalue weighted by molar-refractivity contribution is 6.35. The van der Waals surface area contributed by atoms with Gasteiger partial charge in [0.15, 0.2) is 5.82 Å². The van der Waals surface area contributed by atoms with E-state index in [2.05, 4.69) is 78.1 Å². The molecule has 1 aromatic heterocycles. The van der Waals surface area contributed by atoms with Gasteiger partial charge in [0.05, 0.1) is 10.9 Å². The maximum absolute atomic E-state index is 11.8. The molecule has 2 unspecified atom stereocenters. The molecule has 6 aromatic rings. The van der Waals surface area contributed by atoms with Crippen molar-refractivity contribution in [1.29, 1.82) is 0 Å². The van der Waals surface area contributed by atoms with Gasteiger partial charge in [-0.05, 0) is 75.3 Å². The molecule has 0 radical (unpaired) electrons. The van der Waals surface area contributed by atoms with Gasteiger partial charge in [-0.15, -0.1) is 23.2 Å². The number of carbonyl (C=O) groups excluding carboxylic acids is 1. The molecule has 2 aliphatic carbocycles. The van der Waals surface area contributed by atoms with E-state index >= 15 is 0 Å². The zero-order valence-corrected chi connectivity index (χ0v) is 25.5. The summed E-state index contributed by atoms with van der Waals surface area (Å²) >= 11 is 13.9. The van der Waals surface area contributed by atoms with Crippen LogP contribution in [0.4, 0.5) is 11.5 Å². The van der Waals surface area contributed by atoms with Crippen LogP contribution >= 0.6 is 23.2 Å². The quantitative estimate of drug-likeness (QED) is 0.188. The smallest absolute Gasteiger partial charge is 0.248 e. The first kappa shape index (κ1) is 27.6. The largest absolute Gasteiger partial charge is 0.366 e. The van der Waals surface area contributed by atoms with Crippen molar-refractivity contribution >= 4 is 62.3 Å². The van der Waals surface area contributed by atoms with E-state index in [4.69, 9.17) is 38.9 Å². The average molecular weight is 626 g/mol. The van der Waals surface area contributed by atoms with Crippen LogP contribution in [0.25, 0.3) is 44.2 Å². The Labute approximate surface area is 270 Å². The molecule has 8 rings (SSSR count). The molecule has 5 nitrogen and oxygen atoms in total. The number of aromatic nitrogens is 2. The van der Waals surface area contributed by atoms with Gasteiger partial charge in [0.2, 0.25) is 5.91 Å². The fourth-order valence-corrected chi connectivity index (χ4v) is 6.91. The number of carbonyl (C=O) groups is 1. The van der Waals surface area contributed by atoms with Crippen molar-refractivity contribution in [2.45, 2.75) is 16.7 Å². The number of halogens is 2. The summed E-state index contributed by atoms with van der Waals surface area (Å²) in [6, 6.07) is 35.3. The lowest BCUT2D eigenvalue weighted by Gasteiger charge is -2.30. The van der Waals surface area contributed by atoms with Crippen molar-refractivity contribution in [3.05, 3.63) is 144 Å². The number of primary amides is 1. The summed E-state index contributed by atoms with van der Waals surface area (Å²) in [7, 11) is 0. The van der Waals surface area contributed by atoms with Crippen LogP contribution < -0.4 is 11.1 Å². The Balaban J connectivity index is 1.25. The van der Waals surface area contributed by atoms with Gasteiger partial charge in [0, 0.05) is 22.2 Å². The fourth-order valence-electron chi connectivity index (χ4n) is 6.34. The number of nitrogens with two attached hydrogens (primary N) is 1. The number of alkyl halides is 2. The van der Waals surface area contributed by atoms with Crippen LogP contribution in [0, 0.1) is 0 Å². The molecule has 7 heteroatoms. The Kier molecular flexibility index (Phi) is 6.48. The van der Waals surface area contributed by atoms with Crippen LogP contribution in [-0.4, -0.2) is 21.3 Å². The fraction of sp³-hybridized carbons (Fsp3) is 0.0789. The van der Waals surface area contributed by atoms with E-state index in [0.717, 1.165) is 44.9 Å². The molecule has 0 saturated carbocycles. The third kappa shape index (κ3) is 4.76. The number of rotatable bonds is 5. The monoisotopic (exact) mass is 624 g/mol. The van der Waals surface area contributed by atoms with Gasteiger partial charge in [-0.25, -0.2) is 9.97 Å². The Bertz CT molecular complexity index is 2260. The topological polar surface area (TPSA) is 80.9 Å². The Hall–Kier alpha value is -4.97. The molecule has 0 saturated heterocycles. The second-order valence-electron chi connectivity index (χ2n) is 11.5. The Morgan fingerprint density at radius 2 is 1.64 bits per heavy atom. The molecule has 45 heavy (non-hydrogen) atoms. The van der Waals surface area contributed by atoms with Crippen LogP contribution in [0.2, 0.25) is 0 Å². The van der Waals surface area contributed by atoms with Crippen molar-refractivity contribution in [3.63, 3.8) is 0 Å². The third-order valence-electron chi connectivity index (χ3n) is 8.72.